The molecule has 3 aliphatic carbocycles. The molecule has 139 heavy (non-hydrogen) atoms. The molecule has 0 bridgehead atoms. The van der Waals surface area contributed by atoms with E-state index in [1.807, 2.05) is 42.9 Å². The third kappa shape index (κ3) is 12.8. The summed E-state index contributed by atoms with van der Waals surface area (Å²) >= 11 is 0. The van der Waals surface area contributed by atoms with Crippen LogP contribution in [0.25, 0.3) is 176 Å². The number of hydrogen-bond acceptors (Lipinski definition) is 3. The number of hydrogen-bond donors (Lipinski definition) is 0. The summed E-state index contributed by atoms with van der Waals surface area (Å²) < 4.78 is 0. The van der Waals surface area contributed by atoms with Crippen LogP contribution in [0.5, 0.6) is 0 Å². The van der Waals surface area contributed by atoms with Crippen molar-refractivity contribution in [1.29, 1.82) is 0 Å². The number of rotatable bonds is 12. The van der Waals surface area contributed by atoms with Gasteiger partial charge < -0.3 is 0 Å². The van der Waals surface area contributed by atoms with Crippen LogP contribution in [-0.2, 0) is 16.2 Å². The molecule has 25 aromatic rings. The van der Waals surface area contributed by atoms with Crippen molar-refractivity contribution in [1.82, 2.24) is 15.0 Å². The minimum Gasteiger partial charge on any atom is -0.256 e. The van der Waals surface area contributed by atoms with E-state index in [0.29, 0.717) is 0 Å². The average molecular weight is 1770 g/mol. The molecule has 0 aliphatic heterocycles. The van der Waals surface area contributed by atoms with Crippen LogP contribution in [-0.4, -0.2) is 15.0 Å². The van der Waals surface area contributed by atoms with Crippen molar-refractivity contribution in [3.63, 3.8) is 0 Å². The van der Waals surface area contributed by atoms with Gasteiger partial charge in [0, 0.05) is 35.3 Å². The van der Waals surface area contributed by atoms with Crippen LogP contribution >= 0.6 is 0 Å². The molecule has 0 fully saturated rings. The van der Waals surface area contributed by atoms with Gasteiger partial charge in [-0.15, -0.1) is 0 Å². The normalized spacial score (nSPS) is 13.1. The molecule has 648 valence electrons. The lowest BCUT2D eigenvalue weighted by atomic mass is 9.58. The number of fused-ring (bicyclic) bond motifs is 13. The molecule has 28 rings (SSSR count). The monoisotopic (exact) mass is 1760 g/mol. The third-order valence-electron chi connectivity index (χ3n) is 29.8. The van der Waals surface area contributed by atoms with E-state index in [4.69, 9.17) is 4.98 Å². The van der Waals surface area contributed by atoms with Gasteiger partial charge in [0.15, 0.2) is 0 Å². The van der Waals surface area contributed by atoms with E-state index in [0.717, 1.165) is 33.8 Å². The fraction of sp³-hybridized carbons (Fsp3) is 0.0221. The van der Waals surface area contributed by atoms with E-state index in [-0.39, 0.29) is 0 Å². The van der Waals surface area contributed by atoms with Gasteiger partial charge >= 0.3 is 0 Å². The summed E-state index contributed by atoms with van der Waals surface area (Å²) in [5.74, 6) is 0. The number of aromatic nitrogens is 3. The Morgan fingerprint density at radius 1 is 0.137 bits per heavy atom. The second-order valence-electron chi connectivity index (χ2n) is 36.7. The molecule has 3 heterocycles. The first-order valence-electron chi connectivity index (χ1n) is 48.1. The highest BCUT2D eigenvalue weighted by Crippen LogP contribution is 2.64. The molecule has 3 aromatic heterocycles. The van der Waals surface area contributed by atoms with E-state index in [2.05, 4.69) is 507 Å². The van der Waals surface area contributed by atoms with Gasteiger partial charge in [0.05, 0.1) is 33.3 Å². The zero-order chi connectivity index (χ0) is 92.0. The van der Waals surface area contributed by atoms with Crippen molar-refractivity contribution >= 4 is 75.4 Å². The lowest BCUT2D eigenvalue weighted by molar-refractivity contribution is 0.757. The largest absolute Gasteiger partial charge is 0.256 e. The Morgan fingerprint density at radius 3 is 0.770 bits per heavy atom. The summed E-state index contributed by atoms with van der Waals surface area (Å²) in [5.41, 5.74) is 35.6. The van der Waals surface area contributed by atoms with Crippen molar-refractivity contribution in [2.75, 3.05) is 0 Å². The Bertz CT molecular complexity index is 8950. The van der Waals surface area contributed by atoms with E-state index in [1.165, 1.54) is 209 Å². The Balaban J connectivity index is 0.000000108. The van der Waals surface area contributed by atoms with E-state index in [9.17, 15) is 0 Å². The first-order chi connectivity index (χ1) is 69.1. The molecule has 0 radical (unpaired) electrons. The highest BCUT2D eigenvalue weighted by atomic mass is 14.7. The molecule has 3 aliphatic rings. The molecule has 0 N–H and O–H groups in total. The van der Waals surface area contributed by atoms with E-state index in [1.54, 1.807) is 0 Å². The van der Waals surface area contributed by atoms with Crippen LogP contribution in [0.1, 0.15) is 66.8 Å². The second-order valence-corrected chi connectivity index (χ2v) is 36.7. The van der Waals surface area contributed by atoms with Crippen molar-refractivity contribution < 1.29 is 0 Å². The molecular weight excluding hydrogens is 1680 g/mol. The summed E-state index contributed by atoms with van der Waals surface area (Å²) in [6.45, 7) is 0. The highest BCUT2D eigenvalue weighted by molar-refractivity contribution is 6.26. The lowest BCUT2D eigenvalue weighted by Gasteiger charge is -2.43. The summed E-state index contributed by atoms with van der Waals surface area (Å²) in [6.07, 6.45) is 5.60. The molecule has 0 saturated heterocycles. The SMILES string of the molecule is c1ccc(C2(c3ccccc3)c3ccccc3-c3cccc4c(-c5ccc(-c6ccccn6)c6ccccc56)c5ccccc5c2c34)cc1.c1ccc(C2(c3ccccc3)c3ccccc3-c3cccc4c(-c5ccc(-c6ccccn6)cc5)c5ccccc5c2c34)cc1.c1ccc(C2(c3ccccc3)c3ccccc3-c3cccc4c(-c5cccc(-c6ccccn6)c5)c5ccccc5c2c34)cc1. The molecular formula is C136H89N3. The number of nitrogens with zero attached hydrogens (tertiary/aromatic N) is 3. The lowest BCUT2D eigenvalue weighted by Crippen LogP contribution is -2.34. The Hall–Kier alpha value is -17.9. The van der Waals surface area contributed by atoms with Gasteiger partial charge in [-0.3, -0.25) is 15.0 Å². The van der Waals surface area contributed by atoms with Crippen LogP contribution in [0, 0.1) is 0 Å². The highest BCUT2D eigenvalue weighted by Gasteiger charge is 2.50. The van der Waals surface area contributed by atoms with Crippen molar-refractivity contribution in [3.8, 4) is 101 Å². The van der Waals surface area contributed by atoms with Gasteiger partial charge in [-0.25, -0.2) is 0 Å². The van der Waals surface area contributed by atoms with Gasteiger partial charge in [-0.1, -0.05) is 479 Å². The minimum atomic E-state index is -0.533. The average Bonchev–Trinajstić information content (AvgIpc) is 0.681. The van der Waals surface area contributed by atoms with E-state index >= 15 is 0 Å². The Morgan fingerprint density at radius 2 is 0.396 bits per heavy atom. The Labute approximate surface area is 808 Å². The predicted octanol–water partition coefficient (Wildman–Crippen LogP) is 34.4. The van der Waals surface area contributed by atoms with Crippen molar-refractivity contribution in [2.45, 2.75) is 16.2 Å². The Kier molecular flexibility index (Phi) is 20.0. The third-order valence-corrected chi connectivity index (χ3v) is 29.8. The maximum absolute atomic E-state index is 4.74. The predicted molar refractivity (Wildman–Crippen MR) is 580 cm³/mol. The molecule has 0 atom stereocenters. The fourth-order valence-electron chi connectivity index (χ4n) is 24.4. The zero-order valence-electron chi connectivity index (χ0n) is 76.2. The number of benzene rings is 22. The zero-order valence-corrected chi connectivity index (χ0v) is 76.2. The van der Waals surface area contributed by atoms with Crippen molar-refractivity contribution in [3.05, 3.63) is 607 Å². The molecule has 3 heteroatoms. The standard InChI is InChI=1S/C48H31N.2C44H29N/c1-3-16-32(17-4-1)48(33-18-5-2-6-19-33)43-27-12-11-22-36(43)38-25-15-26-42-45(39-23-9-10-24-41(39)47(48)46(38)42)40-30-29-37(44-28-13-14-31-49-44)34-20-7-8-21-35(34)40;1-3-17-32(18-4-1)44(33-19-5-2-6-20-33)39-26-10-9-21-34(39)35-24-14-25-38-41(36-22-7-8-23-37(36)43(44)42(35)38)31-16-13-15-30(29-31)40-27-11-12-28-45-40;1-3-14-32(15-4-1)44(33-16-5-2-6-17-33)39-23-10-9-18-34(39)35-21-13-22-38-41(36-19-7-8-20-37(36)43(44)42(35)38)31-27-25-30(26-28-31)40-24-11-12-29-45-40/h1-31H;2*1-29H. The first-order valence-corrected chi connectivity index (χ1v) is 48.1. The van der Waals surface area contributed by atoms with Gasteiger partial charge in [0.25, 0.3) is 0 Å². The summed E-state index contributed by atoms with van der Waals surface area (Å²) in [4.78, 5) is 14.0. The van der Waals surface area contributed by atoms with E-state index < -0.39 is 16.2 Å². The van der Waals surface area contributed by atoms with Crippen LogP contribution in [0.15, 0.2) is 540 Å². The first kappa shape index (κ1) is 81.8. The van der Waals surface area contributed by atoms with Gasteiger partial charge in [0.2, 0.25) is 0 Å². The summed E-state index contributed by atoms with van der Waals surface area (Å²) in [6, 6.07) is 191. The van der Waals surface area contributed by atoms with Gasteiger partial charge in [0.1, 0.15) is 0 Å². The summed E-state index contributed by atoms with van der Waals surface area (Å²) in [7, 11) is 0. The van der Waals surface area contributed by atoms with Crippen LogP contribution in [0.2, 0.25) is 0 Å². The van der Waals surface area contributed by atoms with Crippen molar-refractivity contribution in [2.24, 2.45) is 0 Å². The topological polar surface area (TPSA) is 38.7 Å². The quantitative estimate of drug-likeness (QED) is 0.114. The smallest absolute Gasteiger partial charge is 0.0719 e. The van der Waals surface area contributed by atoms with Gasteiger partial charge in [-0.2, -0.15) is 0 Å². The van der Waals surface area contributed by atoms with Crippen LogP contribution < -0.4 is 0 Å². The number of pyridine rings is 3. The molecule has 22 aromatic carbocycles. The maximum atomic E-state index is 4.74. The van der Waals surface area contributed by atoms with Crippen LogP contribution in [0.3, 0.4) is 0 Å². The molecule has 0 unspecified atom stereocenters. The molecule has 0 spiro atoms. The van der Waals surface area contributed by atoms with Gasteiger partial charge in [-0.05, 0) is 251 Å². The maximum Gasteiger partial charge on any atom is 0.0719 e. The molecule has 0 amide bonds. The minimum absolute atomic E-state index is 0.507. The summed E-state index contributed by atoms with van der Waals surface area (Å²) in [5, 5.41) is 17.8. The molecule has 0 saturated carbocycles. The second kappa shape index (κ2) is 33.9. The fourth-order valence-corrected chi connectivity index (χ4v) is 24.4. The van der Waals surface area contributed by atoms with Crippen LogP contribution in [0.4, 0.5) is 0 Å². The molecule has 3 nitrogen and oxygen atoms in total.